The monoisotopic (exact) mass is 405 g/mol. The highest BCUT2D eigenvalue weighted by atomic mass is 32.2. The Labute approximate surface area is 169 Å². The van der Waals surface area contributed by atoms with Gasteiger partial charge in [-0.05, 0) is 54.8 Å². The van der Waals surface area contributed by atoms with Gasteiger partial charge in [-0.2, -0.15) is 0 Å². The third-order valence-corrected chi connectivity index (χ3v) is 5.58. The Morgan fingerprint density at radius 1 is 0.862 bits per heavy atom. The summed E-state index contributed by atoms with van der Waals surface area (Å²) in [7, 11) is -3.76. The Bertz CT molecular complexity index is 1260. The van der Waals surface area contributed by atoms with Gasteiger partial charge in [0.1, 0.15) is 0 Å². The molecule has 7 heteroatoms. The quantitative estimate of drug-likeness (QED) is 0.542. The van der Waals surface area contributed by atoms with Crippen molar-refractivity contribution in [3.63, 3.8) is 0 Å². The van der Waals surface area contributed by atoms with Crippen molar-refractivity contribution in [2.45, 2.75) is 18.2 Å². The minimum absolute atomic E-state index is 0.142. The Balaban J connectivity index is 1.57. The van der Waals surface area contributed by atoms with Crippen LogP contribution in [0.2, 0.25) is 0 Å². The molecule has 6 nitrogen and oxygen atoms in total. The van der Waals surface area contributed by atoms with Gasteiger partial charge in [-0.3, -0.25) is 0 Å². The zero-order chi connectivity index (χ0) is 20.4. The molecule has 0 saturated carbocycles. The lowest BCUT2D eigenvalue weighted by molar-refractivity contribution is 0.584. The van der Waals surface area contributed by atoms with Crippen LogP contribution in [0.15, 0.2) is 82.1 Å². The molecule has 0 amide bonds. The second-order valence-electron chi connectivity index (χ2n) is 6.81. The Hall–Kier alpha value is -3.29. The molecular formula is C22H19N3O3S. The summed E-state index contributed by atoms with van der Waals surface area (Å²) >= 11 is 0. The molecule has 0 radical (unpaired) electrons. The van der Waals surface area contributed by atoms with E-state index in [-0.39, 0.29) is 4.90 Å². The smallest absolute Gasteiger partial charge is 0.248 e. The van der Waals surface area contributed by atoms with Gasteiger partial charge in [-0.25, -0.2) is 13.6 Å². The molecule has 3 aromatic carbocycles. The van der Waals surface area contributed by atoms with Gasteiger partial charge in [0.2, 0.25) is 21.8 Å². The predicted octanol–water partition coefficient (Wildman–Crippen LogP) is 3.95. The van der Waals surface area contributed by atoms with Crippen molar-refractivity contribution < 1.29 is 12.8 Å². The molecule has 0 unspecified atom stereocenters. The molecule has 0 aliphatic carbocycles. The summed E-state index contributed by atoms with van der Waals surface area (Å²) in [6, 6.07) is 22.2. The normalized spacial score (nSPS) is 11.5. The lowest BCUT2D eigenvalue weighted by Crippen LogP contribution is -2.14. The average Bonchev–Trinajstić information content (AvgIpc) is 3.18. The van der Waals surface area contributed by atoms with E-state index in [0.717, 1.165) is 22.3 Å². The summed E-state index contributed by atoms with van der Waals surface area (Å²) in [6.07, 6.45) is 0.450. The minimum atomic E-state index is -3.76. The maximum Gasteiger partial charge on any atom is 0.248 e. The first-order valence-electron chi connectivity index (χ1n) is 9.01. The fourth-order valence-electron chi connectivity index (χ4n) is 3.15. The molecule has 4 rings (SSSR count). The molecule has 1 aromatic heterocycles. The molecule has 146 valence electrons. The second-order valence-corrected chi connectivity index (χ2v) is 8.34. The number of hydrogen-bond acceptors (Lipinski definition) is 5. The largest absolute Gasteiger partial charge is 0.416 e. The van der Waals surface area contributed by atoms with E-state index in [0.29, 0.717) is 23.8 Å². The number of rotatable bonds is 5. The zero-order valence-corrected chi connectivity index (χ0v) is 16.6. The molecule has 0 aliphatic rings. The molecule has 4 aromatic rings. The fourth-order valence-corrected chi connectivity index (χ4v) is 3.92. The molecule has 0 saturated heterocycles. The maximum absolute atomic E-state index is 11.8. The van der Waals surface area contributed by atoms with Gasteiger partial charge in [0.15, 0.2) is 0 Å². The zero-order valence-electron chi connectivity index (χ0n) is 15.7. The van der Waals surface area contributed by atoms with Crippen LogP contribution in [0.1, 0.15) is 16.7 Å². The van der Waals surface area contributed by atoms with Crippen molar-refractivity contribution in [1.29, 1.82) is 0 Å². The van der Waals surface area contributed by atoms with Crippen LogP contribution in [0, 0.1) is 6.92 Å². The Morgan fingerprint density at radius 2 is 1.55 bits per heavy atom. The highest BCUT2D eigenvalue weighted by Gasteiger charge is 2.14. The molecule has 0 spiro atoms. The van der Waals surface area contributed by atoms with E-state index in [1.54, 1.807) is 18.2 Å². The van der Waals surface area contributed by atoms with E-state index in [9.17, 15) is 8.42 Å². The molecular weight excluding hydrogens is 386 g/mol. The summed E-state index contributed by atoms with van der Waals surface area (Å²) in [4.78, 5) is 0.142. The first-order chi connectivity index (χ1) is 13.9. The summed E-state index contributed by atoms with van der Waals surface area (Å²) < 4.78 is 29.4. The van der Waals surface area contributed by atoms with Crippen LogP contribution in [-0.4, -0.2) is 18.6 Å². The number of sulfonamides is 1. The van der Waals surface area contributed by atoms with E-state index in [4.69, 9.17) is 9.56 Å². The molecule has 0 atom stereocenters. The minimum Gasteiger partial charge on any atom is -0.416 e. The number of aryl methyl sites for hydroxylation is 1. The highest BCUT2D eigenvalue weighted by Crippen LogP contribution is 2.25. The van der Waals surface area contributed by atoms with Gasteiger partial charge in [0.25, 0.3) is 0 Å². The van der Waals surface area contributed by atoms with Crippen molar-refractivity contribution in [1.82, 2.24) is 10.2 Å². The lowest BCUT2D eigenvalue weighted by atomic mass is 10.0. The van der Waals surface area contributed by atoms with Crippen LogP contribution in [0.4, 0.5) is 0 Å². The van der Waals surface area contributed by atoms with Gasteiger partial charge in [-0.1, -0.05) is 48.0 Å². The maximum atomic E-state index is 11.8. The van der Waals surface area contributed by atoms with Crippen LogP contribution in [0.25, 0.3) is 22.9 Å². The molecule has 0 fully saturated rings. The highest BCUT2D eigenvalue weighted by molar-refractivity contribution is 7.89. The van der Waals surface area contributed by atoms with Crippen LogP contribution >= 0.6 is 0 Å². The van der Waals surface area contributed by atoms with E-state index in [1.807, 2.05) is 55.5 Å². The summed E-state index contributed by atoms with van der Waals surface area (Å²) in [5, 5.41) is 13.6. The molecule has 0 aliphatic heterocycles. The van der Waals surface area contributed by atoms with E-state index in [1.165, 1.54) is 6.07 Å². The summed E-state index contributed by atoms with van der Waals surface area (Å²) in [6.45, 7) is 2.01. The second kappa shape index (κ2) is 7.62. The molecule has 1 heterocycles. The van der Waals surface area contributed by atoms with Crippen LogP contribution in [0.3, 0.4) is 0 Å². The Kier molecular flexibility index (Phi) is 5.00. The number of primary sulfonamides is 1. The number of benzene rings is 3. The van der Waals surface area contributed by atoms with Crippen LogP contribution in [-0.2, 0) is 16.4 Å². The van der Waals surface area contributed by atoms with Crippen molar-refractivity contribution >= 4 is 10.0 Å². The van der Waals surface area contributed by atoms with E-state index >= 15 is 0 Å². The fraction of sp³-hybridized carbons (Fsp3) is 0.0909. The standard InChI is InChI=1S/C22H19N3O3S/c1-15-5-4-7-19(13-15)22-25-24-21(28-22)17-11-9-16(10-12-17)14-18-6-2-3-8-20(18)29(23,26)27/h2-13H,14H2,1H3,(H2,23,26,27). The van der Waals surface area contributed by atoms with Gasteiger partial charge in [0.05, 0.1) is 4.90 Å². The number of aromatic nitrogens is 2. The number of hydrogen-bond donors (Lipinski definition) is 1. The molecule has 0 bridgehead atoms. The summed E-state index contributed by atoms with van der Waals surface area (Å²) in [5.41, 5.74) is 4.39. The topological polar surface area (TPSA) is 99.1 Å². The predicted molar refractivity (Wildman–Crippen MR) is 111 cm³/mol. The first-order valence-corrected chi connectivity index (χ1v) is 10.6. The first kappa shape index (κ1) is 19.0. The van der Waals surface area contributed by atoms with E-state index in [2.05, 4.69) is 10.2 Å². The number of nitrogens with zero attached hydrogens (tertiary/aromatic N) is 2. The SMILES string of the molecule is Cc1cccc(-c2nnc(-c3ccc(Cc4ccccc4S(N)(=O)=O)cc3)o2)c1. The Morgan fingerprint density at radius 3 is 2.24 bits per heavy atom. The summed E-state index contributed by atoms with van der Waals surface area (Å²) in [5.74, 6) is 0.896. The van der Waals surface area contributed by atoms with E-state index < -0.39 is 10.0 Å². The lowest BCUT2D eigenvalue weighted by Gasteiger charge is -2.08. The number of nitrogens with two attached hydrogens (primary N) is 1. The van der Waals surface area contributed by atoms with Crippen molar-refractivity contribution in [3.8, 4) is 22.9 Å². The van der Waals surface area contributed by atoms with Crippen LogP contribution < -0.4 is 5.14 Å². The third-order valence-electron chi connectivity index (χ3n) is 4.56. The van der Waals surface area contributed by atoms with Gasteiger partial charge < -0.3 is 4.42 Å². The van der Waals surface area contributed by atoms with Crippen molar-refractivity contribution in [3.05, 3.63) is 89.5 Å². The average molecular weight is 405 g/mol. The van der Waals surface area contributed by atoms with Crippen molar-refractivity contribution in [2.75, 3.05) is 0 Å². The van der Waals surface area contributed by atoms with Crippen molar-refractivity contribution in [2.24, 2.45) is 5.14 Å². The van der Waals surface area contributed by atoms with Gasteiger partial charge in [0, 0.05) is 11.1 Å². The molecule has 2 N–H and O–H groups in total. The molecule has 29 heavy (non-hydrogen) atoms. The van der Waals surface area contributed by atoms with Gasteiger partial charge >= 0.3 is 0 Å². The van der Waals surface area contributed by atoms with Gasteiger partial charge in [-0.15, -0.1) is 10.2 Å². The third kappa shape index (κ3) is 4.26. The van der Waals surface area contributed by atoms with Crippen LogP contribution in [0.5, 0.6) is 0 Å².